The molecule has 2 aliphatic rings. The van der Waals surface area contributed by atoms with Crippen LogP contribution in [0.15, 0.2) is 255 Å². The second-order valence-electron chi connectivity index (χ2n) is 16.4. The zero-order chi connectivity index (χ0) is 41.7. The second kappa shape index (κ2) is 15.1. The van der Waals surface area contributed by atoms with Gasteiger partial charge in [-0.1, -0.05) is 200 Å². The molecule has 1 heterocycles. The molecule has 0 bridgehead atoms. The van der Waals surface area contributed by atoms with Crippen LogP contribution in [0.5, 0.6) is 0 Å². The fourth-order valence-corrected chi connectivity index (χ4v) is 10.4. The Morgan fingerprint density at radius 3 is 1.29 bits per heavy atom. The maximum atomic E-state index is 2.47. The molecular weight excluding hydrogens is 761 g/mol. The molecule has 0 N–H and O–H groups in total. The maximum Gasteiger partial charge on any atom is 0.0755 e. The van der Waals surface area contributed by atoms with Crippen molar-refractivity contribution in [1.82, 2.24) is 0 Å². The van der Waals surface area contributed by atoms with Gasteiger partial charge in [-0.25, -0.2) is 0 Å². The van der Waals surface area contributed by atoms with Gasteiger partial charge >= 0.3 is 0 Å². The Bertz CT molecular complexity index is 3220. The topological polar surface area (TPSA) is 6.48 Å². The van der Waals surface area contributed by atoms with Crippen molar-refractivity contribution in [3.05, 3.63) is 277 Å². The van der Waals surface area contributed by atoms with Crippen LogP contribution in [0.3, 0.4) is 0 Å². The summed E-state index contributed by atoms with van der Waals surface area (Å²) in [7, 11) is 0. The number of fused-ring (bicyclic) bond motifs is 9. The molecule has 0 fully saturated rings. The first-order valence-electron chi connectivity index (χ1n) is 21.8. The van der Waals surface area contributed by atoms with Crippen LogP contribution in [-0.4, -0.2) is 0 Å². The van der Waals surface area contributed by atoms with Gasteiger partial charge in [0.1, 0.15) is 0 Å². The first-order valence-corrected chi connectivity index (χ1v) is 21.8. The Kier molecular flexibility index (Phi) is 8.76. The molecule has 0 saturated carbocycles. The van der Waals surface area contributed by atoms with Crippen LogP contribution < -0.4 is 9.80 Å². The molecule has 10 aromatic rings. The van der Waals surface area contributed by atoms with E-state index in [1.807, 2.05) is 0 Å². The Hall–Kier alpha value is -8.20. The maximum absolute atomic E-state index is 2.47. The summed E-state index contributed by atoms with van der Waals surface area (Å²) in [5.41, 5.74) is 21.1. The Morgan fingerprint density at radius 2 is 0.698 bits per heavy atom. The number of anilines is 6. The largest absolute Gasteiger partial charge is 0.310 e. The minimum atomic E-state index is -0.561. The molecule has 1 aliphatic carbocycles. The molecule has 0 unspecified atom stereocenters. The number of benzene rings is 10. The lowest BCUT2D eigenvalue weighted by atomic mass is 9.64. The molecule has 12 rings (SSSR count). The summed E-state index contributed by atoms with van der Waals surface area (Å²) in [6.07, 6.45) is 0. The average Bonchev–Trinajstić information content (AvgIpc) is 3.67. The number of nitrogens with zero attached hydrogens (tertiary/aromatic N) is 2. The summed E-state index contributed by atoms with van der Waals surface area (Å²) in [5, 5.41) is 0. The standard InChI is InChI=1S/C61H42N2/c1-4-19-43(20-5-1)44-35-39-48(40-36-44)62(49-41-37-46(38-42-49)51-26-11-10-25-50(51)45-21-6-2-7-22-45)59-34-18-31-56-60(59)52-27-12-13-28-53(52)61(56)54-29-14-16-32-57(54)63(47-23-8-3-9-24-47)58-33-17-15-30-55(58)61/h1-42H. The average molecular weight is 803 g/mol. The van der Waals surface area contributed by atoms with Crippen LogP contribution >= 0.6 is 0 Å². The van der Waals surface area contributed by atoms with Crippen molar-refractivity contribution in [2.45, 2.75) is 5.41 Å². The molecule has 2 heteroatoms. The number of hydrogen-bond acceptors (Lipinski definition) is 2. The predicted octanol–water partition coefficient (Wildman–Crippen LogP) is 16.3. The van der Waals surface area contributed by atoms with Gasteiger partial charge in [0.05, 0.1) is 22.5 Å². The predicted molar refractivity (Wildman–Crippen MR) is 263 cm³/mol. The van der Waals surface area contributed by atoms with E-state index in [0.717, 1.165) is 22.7 Å². The van der Waals surface area contributed by atoms with Crippen LogP contribution in [0, 0.1) is 0 Å². The zero-order valence-electron chi connectivity index (χ0n) is 34.6. The number of rotatable bonds is 7. The van der Waals surface area contributed by atoms with E-state index in [4.69, 9.17) is 0 Å². The van der Waals surface area contributed by atoms with Gasteiger partial charge < -0.3 is 9.80 Å². The highest BCUT2D eigenvalue weighted by Crippen LogP contribution is 2.65. The molecule has 10 aromatic carbocycles. The summed E-state index contributed by atoms with van der Waals surface area (Å²) < 4.78 is 0. The Morgan fingerprint density at radius 1 is 0.286 bits per heavy atom. The van der Waals surface area contributed by atoms with Crippen LogP contribution in [0.4, 0.5) is 34.1 Å². The molecule has 63 heavy (non-hydrogen) atoms. The van der Waals surface area contributed by atoms with Gasteiger partial charge in [0.25, 0.3) is 0 Å². The molecule has 0 saturated heterocycles. The van der Waals surface area contributed by atoms with Crippen LogP contribution in [0.1, 0.15) is 22.3 Å². The van der Waals surface area contributed by atoms with E-state index >= 15 is 0 Å². The van der Waals surface area contributed by atoms with E-state index in [1.165, 1.54) is 78.1 Å². The minimum absolute atomic E-state index is 0.561. The molecule has 2 nitrogen and oxygen atoms in total. The van der Waals surface area contributed by atoms with Gasteiger partial charge in [-0.2, -0.15) is 0 Å². The van der Waals surface area contributed by atoms with Gasteiger partial charge in [0.15, 0.2) is 0 Å². The summed E-state index contributed by atoms with van der Waals surface area (Å²) in [4.78, 5) is 4.91. The van der Waals surface area contributed by atoms with Gasteiger partial charge in [0.2, 0.25) is 0 Å². The van der Waals surface area contributed by atoms with Gasteiger partial charge in [-0.3, -0.25) is 0 Å². The van der Waals surface area contributed by atoms with E-state index in [9.17, 15) is 0 Å². The first-order chi connectivity index (χ1) is 31.3. The van der Waals surface area contributed by atoms with Gasteiger partial charge in [0, 0.05) is 22.6 Å². The Balaban J connectivity index is 1.08. The lowest BCUT2D eigenvalue weighted by molar-refractivity contribution is 0.752. The Labute approximate surface area is 369 Å². The minimum Gasteiger partial charge on any atom is -0.310 e. The smallest absolute Gasteiger partial charge is 0.0755 e. The van der Waals surface area contributed by atoms with Crippen molar-refractivity contribution >= 4 is 34.1 Å². The van der Waals surface area contributed by atoms with Crippen molar-refractivity contribution in [2.75, 3.05) is 9.80 Å². The van der Waals surface area contributed by atoms with Gasteiger partial charge in [-0.15, -0.1) is 0 Å². The summed E-state index contributed by atoms with van der Waals surface area (Å²) in [6, 6.07) is 93.2. The highest BCUT2D eigenvalue weighted by atomic mass is 15.2. The zero-order valence-corrected chi connectivity index (χ0v) is 34.6. The van der Waals surface area contributed by atoms with Crippen molar-refractivity contribution in [3.63, 3.8) is 0 Å². The molecular formula is C61H42N2. The molecule has 0 aromatic heterocycles. The fourth-order valence-electron chi connectivity index (χ4n) is 10.4. The SMILES string of the molecule is c1ccc(-c2ccc(N(c3ccc(-c4ccccc4-c4ccccc4)cc3)c3cccc4c3-c3ccccc3C43c4ccccc4N(c4ccccc4)c4ccccc43)cc2)cc1. The van der Waals surface area contributed by atoms with Crippen molar-refractivity contribution < 1.29 is 0 Å². The molecule has 296 valence electrons. The molecule has 1 aliphatic heterocycles. The lowest BCUT2D eigenvalue weighted by Gasteiger charge is -2.45. The van der Waals surface area contributed by atoms with E-state index in [-0.39, 0.29) is 0 Å². The normalized spacial score (nSPS) is 12.9. The molecule has 0 radical (unpaired) electrons. The third-order valence-electron chi connectivity index (χ3n) is 13.1. The quantitative estimate of drug-likeness (QED) is 0.158. The van der Waals surface area contributed by atoms with Crippen LogP contribution in [0.25, 0.3) is 44.5 Å². The highest BCUT2D eigenvalue weighted by molar-refractivity contribution is 6.01. The molecule has 0 amide bonds. The first kappa shape index (κ1) is 36.6. The van der Waals surface area contributed by atoms with Crippen molar-refractivity contribution in [1.29, 1.82) is 0 Å². The second-order valence-corrected chi connectivity index (χ2v) is 16.4. The van der Waals surface area contributed by atoms with Crippen LogP contribution in [-0.2, 0) is 5.41 Å². The summed E-state index contributed by atoms with van der Waals surface area (Å²) in [6.45, 7) is 0. The molecule has 0 atom stereocenters. The lowest BCUT2D eigenvalue weighted by Crippen LogP contribution is -2.36. The summed E-state index contributed by atoms with van der Waals surface area (Å²) >= 11 is 0. The van der Waals surface area contributed by atoms with E-state index < -0.39 is 5.41 Å². The van der Waals surface area contributed by atoms with E-state index in [1.54, 1.807) is 0 Å². The monoisotopic (exact) mass is 802 g/mol. The number of para-hydroxylation sites is 3. The third kappa shape index (κ3) is 5.80. The third-order valence-corrected chi connectivity index (χ3v) is 13.1. The number of hydrogen-bond donors (Lipinski definition) is 0. The fraction of sp³-hybridized carbons (Fsp3) is 0.0164. The van der Waals surface area contributed by atoms with Crippen LogP contribution in [0.2, 0.25) is 0 Å². The van der Waals surface area contributed by atoms with E-state index in [0.29, 0.717) is 0 Å². The van der Waals surface area contributed by atoms with E-state index in [2.05, 4.69) is 265 Å². The highest BCUT2D eigenvalue weighted by Gasteiger charge is 2.52. The molecule has 1 spiro atoms. The van der Waals surface area contributed by atoms with Crippen molar-refractivity contribution in [2.24, 2.45) is 0 Å². The van der Waals surface area contributed by atoms with Crippen molar-refractivity contribution in [3.8, 4) is 44.5 Å². The summed E-state index contributed by atoms with van der Waals surface area (Å²) in [5.74, 6) is 0. The van der Waals surface area contributed by atoms with Gasteiger partial charge in [-0.05, 0) is 116 Å².